The topological polar surface area (TPSA) is 55.1 Å². The van der Waals surface area contributed by atoms with Gasteiger partial charge in [-0.2, -0.15) is 18.3 Å². The fourth-order valence-electron chi connectivity index (χ4n) is 2.35. The van der Waals surface area contributed by atoms with Gasteiger partial charge in [0.15, 0.2) is 0 Å². The Morgan fingerprint density at radius 3 is 2.43 bits per heavy atom. The molecule has 0 bridgehead atoms. The highest BCUT2D eigenvalue weighted by Crippen LogP contribution is 2.29. The van der Waals surface area contributed by atoms with Crippen molar-refractivity contribution in [3.8, 4) is 5.69 Å². The van der Waals surface area contributed by atoms with E-state index in [4.69, 9.17) is 5.11 Å². The van der Waals surface area contributed by atoms with Gasteiger partial charge < -0.3 is 5.11 Å². The van der Waals surface area contributed by atoms with Crippen molar-refractivity contribution in [1.29, 1.82) is 0 Å². The van der Waals surface area contributed by atoms with E-state index >= 15 is 0 Å². The molecule has 7 heteroatoms. The molecule has 118 valence electrons. The standard InChI is InChI=1S/C16H11F3N2O2/c17-16(18,19)12-4-6-13(7-5-12)21-9-11-3-1-2-10(8-14(22)23)15(11)20-21/h1-7,9H,8H2,(H,22,23). The molecule has 23 heavy (non-hydrogen) atoms. The Labute approximate surface area is 128 Å². The van der Waals surface area contributed by atoms with Crippen LogP contribution in [0.3, 0.4) is 0 Å². The van der Waals surface area contributed by atoms with Crippen molar-refractivity contribution in [3.63, 3.8) is 0 Å². The fraction of sp³-hybridized carbons (Fsp3) is 0.125. The Morgan fingerprint density at radius 2 is 1.83 bits per heavy atom. The van der Waals surface area contributed by atoms with Crippen LogP contribution in [-0.4, -0.2) is 20.9 Å². The largest absolute Gasteiger partial charge is 0.481 e. The molecule has 0 atom stereocenters. The van der Waals surface area contributed by atoms with Crippen LogP contribution in [0, 0.1) is 0 Å². The molecule has 0 aliphatic rings. The summed E-state index contributed by atoms with van der Waals surface area (Å²) in [7, 11) is 0. The number of halogens is 3. The lowest BCUT2D eigenvalue weighted by Gasteiger charge is -2.07. The normalized spacial score (nSPS) is 11.8. The third kappa shape index (κ3) is 3.03. The summed E-state index contributed by atoms with van der Waals surface area (Å²) in [5.41, 5.74) is 0.815. The molecule has 0 radical (unpaired) electrons. The molecule has 0 fully saturated rings. The summed E-state index contributed by atoms with van der Waals surface area (Å²) < 4.78 is 39.2. The second-order valence-corrected chi connectivity index (χ2v) is 5.04. The first-order valence-corrected chi connectivity index (χ1v) is 6.71. The van der Waals surface area contributed by atoms with Crippen molar-refractivity contribution >= 4 is 16.9 Å². The van der Waals surface area contributed by atoms with Gasteiger partial charge in [0, 0.05) is 11.6 Å². The van der Waals surface area contributed by atoms with Gasteiger partial charge in [0.1, 0.15) is 0 Å². The van der Waals surface area contributed by atoms with E-state index in [9.17, 15) is 18.0 Å². The van der Waals surface area contributed by atoms with Gasteiger partial charge in [0.2, 0.25) is 0 Å². The highest BCUT2D eigenvalue weighted by Gasteiger charge is 2.30. The molecule has 1 aromatic heterocycles. The zero-order chi connectivity index (χ0) is 16.6. The monoisotopic (exact) mass is 320 g/mol. The molecule has 0 unspecified atom stereocenters. The predicted molar refractivity (Wildman–Crippen MR) is 77.4 cm³/mol. The smallest absolute Gasteiger partial charge is 0.416 e. The van der Waals surface area contributed by atoms with Crippen molar-refractivity contribution in [2.75, 3.05) is 0 Å². The second kappa shape index (κ2) is 5.42. The van der Waals surface area contributed by atoms with Crippen LogP contribution in [0.4, 0.5) is 13.2 Å². The van der Waals surface area contributed by atoms with Gasteiger partial charge in [0.05, 0.1) is 23.2 Å². The molecule has 4 nitrogen and oxygen atoms in total. The molecule has 0 aliphatic carbocycles. The number of nitrogens with zero attached hydrogens (tertiary/aromatic N) is 2. The molecule has 2 aromatic carbocycles. The number of carboxylic acid groups (broad SMARTS) is 1. The number of hydrogen-bond acceptors (Lipinski definition) is 2. The Hall–Kier alpha value is -2.83. The first-order valence-electron chi connectivity index (χ1n) is 6.71. The first kappa shape index (κ1) is 15.1. The fourth-order valence-corrected chi connectivity index (χ4v) is 2.35. The lowest BCUT2D eigenvalue weighted by atomic mass is 10.1. The first-order chi connectivity index (χ1) is 10.8. The molecule has 0 saturated carbocycles. The summed E-state index contributed by atoms with van der Waals surface area (Å²) in [5, 5.41) is 13.9. The molecular formula is C16H11F3N2O2. The number of aliphatic carboxylic acids is 1. The van der Waals surface area contributed by atoms with Crippen LogP contribution in [0.25, 0.3) is 16.6 Å². The van der Waals surface area contributed by atoms with Crippen molar-refractivity contribution in [2.45, 2.75) is 12.6 Å². The quantitative estimate of drug-likeness (QED) is 0.801. The summed E-state index contributed by atoms with van der Waals surface area (Å²) in [5.74, 6) is -0.971. The maximum Gasteiger partial charge on any atom is 0.416 e. The van der Waals surface area contributed by atoms with E-state index in [0.29, 0.717) is 16.8 Å². The van der Waals surface area contributed by atoms with E-state index in [0.717, 1.165) is 17.5 Å². The van der Waals surface area contributed by atoms with Gasteiger partial charge in [-0.15, -0.1) is 0 Å². The third-order valence-corrected chi connectivity index (χ3v) is 3.42. The lowest BCUT2D eigenvalue weighted by Crippen LogP contribution is -2.05. The Kier molecular flexibility index (Phi) is 3.55. The van der Waals surface area contributed by atoms with Gasteiger partial charge in [-0.25, -0.2) is 4.68 Å². The third-order valence-electron chi connectivity index (χ3n) is 3.42. The minimum Gasteiger partial charge on any atom is -0.481 e. The summed E-state index contributed by atoms with van der Waals surface area (Å²) in [6.45, 7) is 0. The molecule has 1 N–H and O–H groups in total. The van der Waals surface area contributed by atoms with E-state index in [1.165, 1.54) is 16.8 Å². The molecule has 3 aromatic rings. The SMILES string of the molecule is O=C(O)Cc1cccc2cn(-c3ccc(C(F)(F)F)cc3)nc12. The molecule has 1 heterocycles. The number of carboxylic acids is 1. The van der Waals surface area contributed by atoms with Crippen LogP contribution >= 0.6 is 0 Å². The minimum atomic E-state index is -4.39. The lowest BCUT2D eigenvalue weighted by molar-refractivity contribution is -0.138. The van der Waals surface area contributed by atoms with Crippen LogP contribution in [0.2, 0.25) is 0 Å². The van der Waals surface area contributed by atoms with Crippen LogP contribution in [0.5, 0.6) is 0 Å². The maximum absolute atomic E-state index is 12.6. The number of benzene rings is 2. The van der Waals surface area contributed by atoms with Crippen molar-refractivity contribution < 1.29 is 23.1 Å². The summed E-state index contributed by atoms with van der Waals surface area (Å²) >= 11 is 0. The number of aromatic nitrogens is 2. The zero-order valence-corrected chi connectivity index (χ0v) is 11.7. The average Bonchev–Trinajstić information content (AvgIpc) is 2.91. The number of fused-ring (bicyclic) bond motifs is 1. The van der Waals surface area contributed by atoms with Gasteiger partial charge in [-0.05, 0) is 29.8 Å². The molecule has 0 spiro atoms. The number of carbonyl (C=O) groups is 1. The summed E-state index contributed by atoms with van der Waals surface area (Å²) in [6, 6.07) is 9.78. The van der Waals surface area contributed by atoms with Gasteiger partial charge in [-0.1, -0.05) is 18.2 Å². The van der Waals surface area contributed by atoms with Gasteiger partial charge >= 0.3 is 12.1 Å². The molecule has 0 amide bonds. The van der Waals surface area contributed by atoms with E-state index in [2.05, 4.69) is 5.10 Å². The van der Waals surface area contributed by atoms with E-state index < -0.39 is 17.7 Å². The van der Waals surface area contributed by atoms with E-state index in [1.807, 2.05) is 0 Å². The predicted octanol–water partition coefficient (Wildman–Crippen LogP) is 3.67. The summed E-state index contributed by atoms with van der Waals surface area (Å²) in [6.07, 6.45) is -2.90. The number of hydrogen-bond donors (Lipinski definition) is 1. The summed E-state index contributed by atoms with van der Waals surface area (Å²) in [4.78, 5) is 10.9. The maximum atomic E-state index is 12.6. The number of rotatable bonds is 3. The van der Waals surface area contributed by atoms with E-state index in [-0.39, 0.29) is 6.42 Å². The molecule has 3 rings (SSSR count). The molecule has 0 saturated heterocycles. The molecule has 0 aliphatic heterocycles. The minimum absolute atomic E-state index is 0.165. The van der Waals surface area contributed by atoms with Crippen LogP contribution in [0.1, 0.15) is 11.1 Å². The highest BCUT2D eigenvalue weighted by atomic mass is 19.4. The van der Waals surface area contributed by atoms with E-state index in [1.54, 1.807) is 24.4 Å². The van der Waals surface area contributed by atoms with Crippen molar-refractivity contribution in [1.82, 2.24) is 9.78 Å². The van der Waals surface area contributed by atoms with Crippen LogP contribution < -0.4 is 0 Å². The Balaban J connectivity index is 2.02. The Morgan fingerprint density at radius 1 is 1.13 bits per heavy atom. The van der Waals surface area contributed by atoms with Crippen molar-refractivity contribution in [3.05, 3.63) is 59.8 Å². The zero-order valence-electron chi connectivity index (χ0n) is 11.7. The highest BCUT2D eigenvalue weighted by molar-refractivity contribution is 5.85. The second-order valence-electron chi connectivity index (χ2n) is 5.04. The Bertz CT molecular complexity index is 867. The van der Waals surface area contributed by atoms with Gasteiger partial charge in [-0.3, -0.25) is 4.79 Å². The van der Waals surface area contributed by atoms with Crippen LogP contribution in [0.15, 0.2) is 48.7 Å². The van der Waals surface area contributed by atoms with Crippen LogP contribution in [-0.2, 0) is 17.4 Å². The molecular weight excluding hydrogens is 309 g/mol. The number of alkyl halides is 3. The van der Waals surface area contributed by atoms with Crippen molar-refractivity contribution in [2.24, 2.45) is 0 Å². The average molecular weight is 320 g/mol. The van der Waals surface area contributed by atoms with Gasteiger partial charge in [0.25, 0.3) is 0 Å².